The van der Waals surface area contributed by atoms with Gasteiger partial charge in [-0.05, 0) is 62.6 Å². The van der Waals surface area contributed by atoms with Crippen LogP contribution in [0.2, 0.25) is 0 Å². The Morgan fingerprint density at radius 2 is 2.08 bits per heavy atom. The summed E-state index contributed by atoms with van der Waals surface area (Å²) in [4.78, 5) is 28.7. The van der Waals surface area contributed by atoms with Gasteiger partial charge in [0, 0.05) is 30.6 Å². The second-order valence-electron chi connectivity index (χ2n) is 7.14. The van der Waals surface area contributed by atoms with Crippen LogP contribution in [-0.4, -0.2) is 33.7 Å². The maximum atomic E-state index is 12.5. The molecule has 6 heteroatoms. The SMILES string of the molecule is Cc1ccc(C(=O)N2CCC(Cn3nc4c(cc3=O)CCC4)CC2)s1. The van der Waals surface area contributed by atoms with Crippen molar-refractivity contribution in [3.8, 4) is 0 Å². The molecule has 0 aromatic carbocycles. The van der Waals surface area contributed by atoms with E-state index >= 15 is 0 Å². The Labute approximate surface area is 151 Å². The number of hydrogen-bond acceptors (Lipinski definition) is 4. The van der Waals surface area contributed by atoms with Crippen molar-refractivity contribution in [1.29, 1.82) is 0 Å². The number of nitrogens with zero attached hydrogens (tertiary/aromatic N) is 3. The first kappa shape index (κ1) is 16.5. The number of likely N-dealkylation sites (tertiary alicyclic amines) is 1. The molecule has 2 aromatic rings. The topological polar surface area (TPSA) is 55.2 Å². The molecule has 1 amide bonds. The van der Waals surface area contributed by atoms with E-state index in [1.54, 1.807) is 22.1 Å². The predicted molar refractivity (Wildman–Crippen MR) is 98.2 cm³/mol. The van der Waals surface area contributed by atoms with E-state index in [1.165, 1.54) is 4.88 Å². The fourth-order valence-corrected chi connectivity index (χ4v) is 4.67. The molecule has 0 atom stereocenters. The summed E-state index contributed by atoms with van der Waals surface area (Å²) >= 11 is 1.56. The van der Waals surface area contributed by atoms with Gasteiger partial charge in [0.2, 0.25) is 0 Å². The first-order valence-electron chi connectivity index (χ1n) is 9.06. The normalized spacial score (nSPS) is 17.7. The van der Waals surface area contributed by atoms with E-state index in [4.69, 9.17) is 0 Å². The molecule has 0 bridgehead atoms. The standard InChI is InChI=1S/C19H23N3O2S/c1-13-5-6-17(25-13)19(24)21-9-7-14(8-10-21)12-22-18(23)11-15-3-2-4-16(15)20-22/h5-6,11,14H,2-4,7-10,12H2,1H3. The van der Waals surface area contributed by atoms with E-state index in [9.17, 15) is 9.59 Å². The number of piperidine rings is 1. The van der Waals surface area contributed by atoms with E-state index < -0.39 is 0 Å². The number of aromatic nitrogens is 2. The van der Waals surface area contributed by atoms with Gasteiger partial charge in [0.25, 0.3) is 11.5 Å². The van der Waals surface area contributed by atoms with Crippen LogP contribution >= 0.6 is 11.3 Å². The zero-order chi connectivity index (χ0) is 17.4. The molecule has 1 aliphatic heterocycles. The summed E-state index contributed by atoms with van der Waals surface area (Å²) in [5.41, 5.74) is 2.25. The monoisotopic (exact) mass is 357 g/mol. The second kappa shape index (κ2) is 6.75. The maximum Gasteiger partial charge on any atom is 0.267 e. The van der Waals surface area contributed by atoms with E-state index in [1.807, 2.05) is 24.0 Å². The molecular formula is C19H23N3O2S. The van der Waals surface area contributed by atoms with Crippen molar-refractivity contribution in [3.05, 3.63) is 49.6 Å². The molecule has 1 aliphatic carbocycles. The summed E-state index contributed by atoms with van der Waals surface area (Å²) in [7, 11) is 0. The van der Waals surface area contributed by atoms with Crippen molar-refractivity contribution >= 4 is 17.2 Å². The molecule has 2 aliphatic rings. The minimum atomic E-state index is 0.0215. The fourth-order valence-electron chi connectivity index (χ4n) is 3.84. The summed E-state index contributed by atoms with van der Waals surface area (Å²) in [5.74, 6) is 0.558. The molecule has 4 rings (SSSR count). The number of thiophene rings is 1. The highest BCUT2D eigenvalue weighted by molar-refractivity contribution is 7.13. The van der Waals surface area contributed by atoms with Crippen LogP contribution in [-0.2, 0) is 19.4 Å². The molecule has 3 heterocycles. The van der Waals surface area contributed by atoms with Crippen LogP contribution in [0.15, 0.2) is 23.0 Å². The van der Waals surface area contributed by atoms with Crippen LogP contribution in [0.3, 0.4) is 0 Å². The Kier molecular flexibility index (Phi) is 4.46. The Morgan fingerprint density at radius 3 is 2.80 bits per heavy atom. The lowest BCUT2D eigenvalue weighted by molar-refractivity contribution is 0.0685. The molecular weight excluding hydrogens is 334 g/mol. The molecule has 132 valence electrons. The maximum absolute atomic E-state index is 12.5. The lowest BCUT2D eigenvalue weighted by Crippen LogP contribution is -2.40. The van der Waals surface area contributed by atoms with E-state index in [-0.39, 0.29) is 11.5 Å². The largest absolute Gasteiger partial charge is 0.338 e. The van der Waals surface area contributed by atoms with Gasteiger partial charge in [0.15, 0.2) is 0 Å². The van der Waals surface area contributed by atoms with Crippen LogP contribution in [0, 0.1) is 12.8 Å². The minimum absolute atomic E-state index is 0.0215. The Morgan fingerprint density at radius 1 is 1.28 bits per heavy atom. The molecule has 1 saturated heterocycles. The van der Waals surface area contributed by atoms with E-state index in [0.717, 1.165) is 61.3 Å². The quantitative estimate of drug-likeness (QED) is 0.849. The highest BCUT2D eigenvalue weighted by Gasteiger charge is 2.25. The molecule has 0 spiro atoms. The lowest BCUT2D eigenvalue weighted by atomic mass is 9.96. The highest BCUT2D eigenvalue weighted by atomic mass is 32.1. The molecule has 0 radical (unpaired) electrons. The van der Waals surface area contributed by atoms with Gasteiger partial charge in [-0.25, -0.2) is 4.68 Å². The summed E-state index contributed by atoms with van der Waals surface area (Å²) in [6, 6.07) is 5.69. The molecule has 1 fully saturated rings. The average molecular weight is 357 g/mol. The van der Waals surface area contributed by atoms with Crippen LogP contribution in [0.25, 0.3) is 0 Å². The van der Waals surface area contributed by atoms with E-state index in [2.05, 4.69) is 5.10 Å². The third-order valence-electron chi connectivity index (χ3n) is 5.31. The van der Waals surface area contributed by atoms with Gasteiger partial charge in [0.1, 0.15) is 0 Å². The van der Waals surface area contributed by atoms with Gasteiger partial charge in [-0.15, -0.1) is 11.3 Å². The van der Waals surface area contributed by atoms with Gasteiger partial charge in [-0.2, -0.15) is 5.10 Å². The van der Waals surface area contributed by atoms with E-state index in [0.29, 0.717) is 12.5 Å². The van der Waals surface area contributed by atoms with Crippen LogP contribution in [0.4, 0.5) is 0 Å². The number of aryl methyl sites for hydroxylation is 3. The van der Waals surface area contributed by atoms with Crippen molar-refractivity contribution in [1.82, 2.24) is 14.7 Å². The van der Waals surface area contributed by atoms with Crippen molar-refractivity contribution in [2.24, 2.45) is 5.92 Å². The van der Waals surface area contributed by atoms with Crippen molar-refractivity contribution in [2.75, 3.05) is 13.1 Å². The van der Waals surface area contributed by atoms with Gasteiger partial charge in [-0.1, -0.05) is 0 Å². The fraction of sp³-hybridized carbons (Fsp3) is 0.526. The Bertz CT molecular complexity index is 847. The number of hydrogen-bond donors (Lipinski definition) is 0. The summed E-state index contributed by atoms with van der Waals surface area (Å²) < 4.78 is 1.65. The number of rotatable bonds is 3. The smallest absolute Gasteiger partial charge is 0.267 e. The number of fused-ring (bicyclic) bond motifs is 1. The summed E-state index contributed by atoms with van der Waals surface area (Å²) in [6.45, 7) is 4.22. The minimum Gasteiger partial charge on any atom is -0.338 e. The van der Waals surface area contributed by atoms with Crippen molar-refractivity contribution in [3.63, 3.8) is 0 Å². The summed E-state index contributed by atoms with van der Waals surface area (Å²) in [6.07, 6.45) is 4.95. The van der Waals surface area contributed by atoms with Gasteiger partial charge >= 0.3 is 0 Å². The van der Waals surface area contributed by atoms with Crippen LogP contribution < -0.4 is 5.56 Å². The van der Waals surface area contributed by atoms with Gasteiger partial charge in [-0.3, -0.25) is 9.59 Å². The first-order chi connectivity index (χ1) is 12.1. The lowest BCUT2D eigenvalue weighted by Gasteiger charge is -2.31. The zero-order valence-corrected chi connectivity index (χ0v) is 15.3. The molecule has 0 unspecified atom stereocenters. The second-order valence-corrected chi connectivity index (χ2v) is 8.42. The average Bonchev–Trinajstić information content (AvgIpc) is 3.24. The van der Waals surface area contributed by atoms with Crippen LogP contribution in [0.5, 0.6) is 0 Å². The first-order valence-corrected chi connectivity index (χ1v) is 9.87. The molecule has 5 nitrogen and oxygen atoms in total. The molecule has 2 aromatic heterocycles. The Hall–Kier alpha value is -1.95. The van der Waals surface area contributed by atoms with Crippen molar-refractivity contribution < 1.29 is 4.79 Å². The molecule has 0 N–H and O–H groups in total. The third kappa shape index (κ3) is 3.40. The van der Waals surface area contributed by atoms with Gasteiger partial charge < -0.3 is 4.90 Å². The Balaban J connectivity index is 1.38. The van der Waals surface area contributed by atoms with Crippen LogP contribution in [0.1, 0.15) is 45.1 Å². The molecule has 25 heavy (non-hydrogen) atoms. The number of amides is 1. The predicted octanol–water partition coefficient (Wildman–Crippen LogP) is 2.65. The third-order valence-corrected chi connectivity index (χ3v) is 6.30. The molecule has 0 saturated carbocycles. The number of carbonyl (C=O) groups is 1. The van der Waals surface area contributed by atoms with Crippen molar-refractivity contribution in [2.45, 2.75) is 45.6 Å². The summed E-state index contributed by atoms with van der Waals surface area (Å²) in [5, 5.41) is 4.58. The zero-order valence-electron chi connectivity index (χ0n) is 14.5. The number of carbonyl (C=O) groups excluding carboxylic acids is 1. The highest BCUT2D eigenvalue weighted by Crippen LogP contribution is 2.23. The van der Waals surface area contributed by atoms with Gasteiger partial charge in [0.05, 0.1) is 10.6 Å².